The van der Waals surface area contributed by atoms with E-state index >= 15 is 0 Å². The van der Waals surface area contributed by atoms with Crippen molar-refractivity contribution in [1.29, 1.82) is 0 Å². The van der Waals surface area contributed by atoms with Gasteiger partial charge >= 0.3 is 0 Å². The first-order valence-electron chi connectivity index (χ1n) is 5.37. The second-order valence-electron chi connectivity index (χ2n) is 4.40. The molecule has 0 fully saturated rings. The van der Waals surface area contributed by atoms with Crippen molar-refractivity contribution >= 4 is 17.3 Å². The molecule has 0 amide bonds. The Balaban J connectivity index is 2.37. The van der Waals surface area contributed by atoms with Crippen LogP contribution in [-0.4, -0.2) is 22.2 Å². The molecule has 0 aromatic heterocycles. The Morgan fingerprint density at radius 3 is 2.65 bits per heavy atom. The molecule has 0 bridgehead atoms. The van der Waals surface area contributed by atoms with E-state index in [-0.39, 0.29) is 11.5 Å². The summed E-state index contributed by atoms with van der Waals surface area (Å²) < 4.78 is 0. The van der Waals surface area contributed by atoms with Crippen LogP contribution in [0.3, 0.4) is 0 Å². The average molecular weight is 229 g/mol. The number of oxime groups is 1. The maximum Gasteiger partial charge on any atom is 0.227 e. The number of hydrogen-bond donors (Lipinski definition) is 1. The second-order valence-corrected chi connectivity index (χ2v) is 4.40. The predicted molar refractivity (Wildman–Crippen MR) is 62.9 cm³/mol. The summed E-state index contributed by atoms with van der Waals surface area (Å²) in [7, 11) is 0. The van der Waals surface area contributed by atoms with Crippen LogP contribution in [0.1, 0.15) is 29.8 Å². The molecule has 1 aliphatic heterocycles. The van der Waals surface area contributed by atoms with Crippen LogP contribution in [0.4, 0.5) is 0 Å². The number of carbonyl (C=O) groups is 1. The van der Waals surface area contributed by atoms with Gasteiger partial charge in [-0.3, -0.25) is 4.79 Å². The maximum atomic E-state index is 12.4. The minimum Gasteiger partial charge on any atom is -0.507 e. The van der Waals surface area contributed by atoms with Crippen LogP contribution in [0, 0.1) is 0 Å². The van der Waals surface area contributed by atoms with Gasteiger partial charge in [0.25, 0.3) is 0 Å². The third-order valence-corrected chi connectivity index (χ3v) is 3.30. The number of nitrogens with zero attached hydrogens (tertiary/aromatic N) is 1. The Labute approximate surface area is 98.2 Å². The van der Waals surface area contributed by atoms with Crippen LogP contribution in [0.5, 0.6) is 0 Å². The lowest BCUT2D eigenvalue weighted by molar-refractivity contribution is 0.0198. The van der Waals surface area contributed by atoms with E-state index in [0.29, 0.717) is 22.4 Å². The van der Waals surface area contributed by atoms with Gasteiger partial charge in [0.05, 0.1) is 11.3 Å². The first kappa shape index (κ1) is 10.1. The Kier molecular flexibility index (Phi) is 1.76. The van der Waals surface area contributed by atoms with Gasteiger partial charge < -0.3 is 9.94 Å². The van der Waals surface area contributed by atoms with Crippen LogP contribution < -0.4 is 0 Å². The summed E-state index contributed by atoms with van der Waals surface area (Å²) in [5, 5.41) is 14.1. The number of benzene rings is 1. The molecular weight excluding hydrogens is 218 g/mol. The van der Waals surface area contributed by atoms with Crippen LogP contribution in [0.15, 0.2) is 35.0 Å². The third-order valence-electron chi connectivity index (χ3n) is 3.30. The average Bonchev–Trinajstić information content (AvgIpc) is 2.64. The zero-order chi connectivity index (χ0) is 12.2. The number of carbonyl (C=O) groups excluding carboxylic acids is 1. The molecule has 86 valence electrons. The highest BCUT2D eigenvalue weighted by Crippen LogP contribution is 2.42. The van der Waals surface area contributed by atoms with Crippen molar-refractivity contribution in [3.63, 3.8) is 0 Å². The SMILES string of the molecule is CC1=NOC2(C)C(=O)c3ccccc3C(O)=C12. The smallest absolute Gasteiger partial charge is 0.227 e. The van der Waals surface area contributed by atoms with Gasteiger partial charge in [-0.15, -0.1) is 0 Å². The minimum atomic E-state index is -1.18. The molecule has 0 spiro atoms. The van der Waals surface area contributed by atoms with Crippen LogP contribution in [-0.2, 0) is 4.84 Å². The van der Waals surface area contributed by atoms with E-state index in [1.807, 2.05) is 0 Å². The van der Waals surface area contributed by atoms with Gasteiger partial charge in [-0.25, -0.2) is 0 Å². The molecule has 1 aromatic rings. The number of hydrogen-bond acceptors (Lipinski definition) is 4. The Morgan fingerprint density at radius 2 is 1.94 bits per heavy atom. The zero-order valence-corrected chi connectivity index (χ0v) is 9.52. The minimum absolute atomic E-state index is 0.0847. The monoisotopic (exact) mass is 229 g/mol. The highest BCUT2D eigenvalue weighted by Gasteiger charge is 2.51. The first-order valence-corrected chi connectivity index (χ1v) is 5.37. The predicted octanol–water partition coefficient (Wildman–Crippen LogP) is 2.32. The van der Waals surface area contributed by atoms with Crippen LogP contribution >= 0.6 is 0 Å². The summed E-state index contributed by atoms with van der Waals surface area (Å²) in [4.78, 5) is 17.6. The standard InChI is InChI=1S/C13H11NO3/c1-7-10-11(15)8-5-3-4-6-9(8)12(16)13(10,2)17-14-7/h3-6,15H,1-2H3. The lowest BCUT2D eigenvalue weighted by Gasteiger charge is -2.28. The Hall–Kier alpha value is -2.10. The molecule has 0 saturated carbocycles. The normalized spacial score (nSPS) is 26.2. The number of Topliss-reactive ketones (excluding diaryl/α,β-unsaturated/α-hetero) is 1. The molecule has 1 aliphatic carbocycles. The largest absolute Gasteiger partial charge is 0.507 e. The van der Waals surface area contributed by atoms with E-state index in [2.05, 4.69) is 5.16 Å². The van der Waals surface area contributed by atoms with Crippen LogP contribution in [0.25, 0.3) is 5.76 Å². The quantitative estimate of drug-likeness (QED) is 0.742. The molecule has 3 rings (SSSR count). The van der Waals surface area contributed by atoms with Gasteiger partial charge in [0.2, 0.25) is 11.4 Å². The summed E-state index contributed by atoms with van der Waals surface area (Å²) in [6.45, 7) is 3.36. The molecule has 1 atom stereocenters. The zero-order valence-electron chi connectivity index (χ0n) is 9.52. The highest BCUT2D eigenvalue weighted by atomic mass is 16.7. The molecule has 2 aliphatic rings. The fourth-order valence-electron chi connectivity index (χ4n) is 2.43. The van der Waals surface area contributed by atoms with Gasteiger partial charge in [-0.2, -0.15) is 0 Å². The molecule has 1 unspecified atom stereocenters. The fraction of sp³-hybridized carbons (Fsp3) is 0.231. The number of rotatable bonds is 0. The molecule has 17 heavy (non-hydrogen) atoms. The molecule has 0 radical (unpaired) electrons. The van der Waals surface area contributed by atoms with E-state index < -0.39 is 5.60 Å². The summed E-state index contributed by atoms with van der Waals surface area (Å²) >= 11 is 0. The van der Waals surface area contributed by atoms with E-state index in [9.17, 15) is 9.90 Å². The number of ketones is 1. The molecule has 1 N–H and O–H groups in total. The van der Waals surface area contributed by atoms with Gasteiger partial charge in [-0.1, -0.05) is 29.4 Å². The number of aliphatic hydroxyl groups excluding tert-OH is 1. The van der Waals surface area contributed by atoms with Crippen molar-refractivity contribution < 1.29 is 14.7 Å². The Bertz CT molecular complexity index is 600. The van der Waals surface area contributed by atoms with Gasteiger partial charge in [0, 0.05) is 11.1 Å². The summed E-state index contributed by atoms with van der Waals surface area (Å²) in [6.07, 6.45) is 0. The molecular formula is C13H11NO3. The molecule has 1 aromatic carbocycles. The lowest BCUT2D eigenvalue weighted by Crippen LogP contribution is -2.41. The Morgan fingerprint density at radius 1 is 1.29 bits per heavy atom. The summed E-state index contributed by atoms with van der Waals surface area (Å²) in [5.41, 5.74) is 0.864. The number of fused-ring (bicyclic) bond motifs is 2. The molecule has 0 saturated heterocycles. The van der Waals surface area contributed by atoms with Gasteiger partial charge in [0.1, 0.15) is 5.76 Å². The van der Waals surface area contributed by atoms with Crippen LogP contribution in [0.2, 0.25) is 0 Å². The van der Waals surface area contributed by atoms with Crippen molar-refractivity contribution in [2.75, 3.05) is 0 Å². The topological polar surface area (TPSA) is 58.9 Å². The van der Waals surface area contributed by atoms with Crippen molar-refractivity contribution in [3.8, 4) is 0 Å². The van der Waals surface area contributed by atoms with E-state index in [1.54, 1.807) is 38.1 Å². The first-order chi connectivity index (χ1) is 8.05. The number of aliphatic hydroxyl groups is 1. The second kappa shape index (κ2) is 2.97. The van der Waals surface area contributed by atoms with Crippen molar-refractivity contribution in [2.24, 2.45) is 5.16 Å². The summed E-state index contributed by atoms with van der Waals surface area (Å²) in [5.74, 6) is -0.0806. The fourth-order valence-corrected chi connectivity index (χ4v) is 2.43. The molecule has 1 heterocycles. The van der Waals surface area contributed by atoms with Crippen molar-refractivity contribution in [3.05, 3.63) is 41.0 Å². The lowest BCUT2D eigenvalue weighted by atomic mass is 9.77. The van der Waals surface area contributed by atoms with Gasteiger partial charge in [0.15, 0.2) is 0 Å². The van der Waals surface area contributed by atoms with Crippen molar-refractivity contribution in [2.45, 2.75) is 19.4 Å². The molecule has 4 nitrogen and oxygen atoms in total. The third kappa shape index (κ3) is 1.07. The van der Waals surface area contributed by atoms with Crippen molar-refractivity contribution in [1.82, 2.24) is 0 Å². The highest BCUT2D eigenvalue weighted by molar-refractivity contribution is 6.21. The van der Waals surface area contributed by atoms with E-state index in [4.69, 9.17) is 4.84 Å². The van der Waals surface area contributed by atoms with E-state index in [1.165, 1.54) is 0 Å². The molecule has 4 heteroatoms. The summed E-state index contributed by atoms with van der Waals surface area (Å²) in [6, 6.07) is 6.96. The van der Waals surface area contributed by atoms with E-state index in [0.717, 1.165) is 0 Å². The maximum absolute atomic E-state index is 12.4. The van der Waals surface area contributed by atoms with Gasteiger partial charge in [-0.05, 0) is 13.8 Å².